The van der Waals surface area contributed by atoms with Gasteiger partial charge in [-0.3, -0.25) is 9.52 Å². The average molecular weight is 491 g/mol. The van der Waals surface area contributed by atoms with Crippen LogP contribution in [0.15, 0.2) is 59.5 Å². The SMILES string of the molecule is CCC(NC(=O)c1ccc(C)c(S(=O)(=O)Nc2cc(C)cc(C)c2)c1)c1ccc2c(c1)CCCC2. The number of amides is 1. The molecule has 0 aliphatic heterocycles. The second-order valence-corrected chi connectivity index (χ2v) is 11.3. The molecular formula is C29H34N2O3S. The highest BCUT2D eigenvalue weighted by Crippen LogP contribution is 2.27. The molecule has 3 aromatic carbocycles. The van der Waals surface area contributed by atoms with Crippen molar-refractivity contribution in [2.24, 2.45) is 0 Å². The third-order valence-electron chi connectivity index (χ3n) is 6.70. The Morgan fingerprint density at radius 1 is 0.886 bits per heavy atom. The molecule has 4 rings (SSSR count). The molecule has 2 N–H and O–H groups in total. The van der Waals surface area contributed by atoms with Crippen LogP contribution in [0.1, 0.15) is 76.0 Å². The molecule has 1 amide bonds. The van der Waals surface area contributed by atoms with Crippen LogP contribution in [0.4, 0.5) is 5.69 Å². The lowest BCUT2D eigenvalue weighted by molar-refractivity contribution is 0.0935. The Balaban J connectivity index is 1.57. The molecule has 0 spiro atoms. The molecule has 0 aromatic heterocycles. The van der Waals surface area contributed by atoms with E-state index in [1.54, 1.807) is 31.2 Å². The molecule has 1 aliphatic rings. The highest BCUT2D eigenvalue weighted by molar-refractivity contribution is 7.92. The highest BCUT2D eigenvalue weighted by Gasteiger charge is 2.22. The van der Waals surface area contributed by atoms with E-state index in [2.05, 4.69) is 28.2 Å². The number of fused-ring (bicyclic) bond motifs is 1. The highest BCUT2D eigenvalue weighted by atomic mass is 32.2. The van der Waals surface area contributed by atoms with E-state index in [0.29, 0.717) is 16.8 Å². The maximum Gasteiger partial charge on any atom is 0.262 e. The number of aryl methyl sites for hydroxylation is 5. The predicted octanol–water partition coefficient (Wildman–Crippen LogP) is 6.17. The average Bonchev–Trinajstić information content (AvgIpc) is 2.81. The van der Waals surface area contributed by atoms with Crippen molar-refractivity contribution in [1.29, 1.82) is 0 Å². The van der Waals surface area contributed by atoms with Gasteiger partial charge >= 0.3 is 0 Å². The van der Waals surface area contributed by atoms with Crippen molar-refractivity contribution in [3.05, 3.63) is 93.5 Å². The van der Waals surface area contributed by atoms with E-state index in [9.17, 15) is 13.2 Å². The van der Waals surface area contributed by atoms with Crippen LogP contribution in [0.3, 0.4) is 0 Å². The summed E-state index contributed by atoms with van der Waals surface area (Å²) < 4.78 is 29.1. The molecule has 0 heterocycles. The number of benzene rings is 3. The van der Waals surface area contributed by atoms with Gasteiger partial charge in [0.15, 0.2) is 0 Å². The quantitative estimate of drug-likeness (QED) is 0.416. The van der Waals surface area contributed by atoms with Gasteiger partial charge < -0.3 is 5.32 Å². The maximum atomic E-state index is 13.2. The second-order valence-electron chi connectivity index (χ2n) is 9.63. The van der Waals surface area contributed by atoms with Crippen LogP contribution >= 0.6 is 0 Å². The molecule has 6 heteroatoms. The largest absolute Gasteiger partial charge is 0.345 e. The van der Waals surface area contributed by atoms with Gasteiger partial charge in [-0.1, -0.05) is 37.3 Å². The van der Waals surface area contributed by atoms with E-state index < -0.39 is 10.0 Å². The van der Waals surface area contributed by atoms with Crippen LogP contribution in [0.2, 0.25) is 0 Å². The first-order valence-corrected chi connectivity index (χ1v) is 13.8. The van der Waals surface area contributed by atoms with Gasteiger partial charge in [0, 0.05) is 11.3 Å². The maximum absolute atomic E-state index is 13.2. The molecule has 0 radical (unpaired) electrons. The Kier molecular flexibility index (Phi) is 7.31. The topological polar surface area (TPSA) is 75.3 Å². The summed E-state index contributed by atoms with van der Waals surface area (Å²) in [5.41, 5.74) is 7.25. The number of rotatable bonds is 7. The third-order valence-corrected chi connectivity index (χ3v) is 8.23. The first-order chi connectivity index (χ1) is 16.7. The van der Waals surface area contributed by atoms with E-state index in [0.717, 1.165) is 36.0 Å². The number of anilines is 1. The second kappa shape index (κ2) is 10.2. The lowest BCUT2D eigenvalue weighted by atomic mass is 9.88. The van der Waals surface area contributed by atoms with Crippen LogP contribution in [0.5, 0.6) is 0 Å². The monoisotopic (exact) mass is 490 g/mol. The molecular weight excluding hydrogens is 456 g/mol. The fraction of sp³-hybridized carbons (Fsp3) is 0.345. The van der Waals surface area contributed by atoms with Gasteiger partial charge in [0.05, 0.1) is 10.9 Å². The van der Waals surface area contributed by atoms with Crippen molar-refractivity contribution >= 4 is 21.6 Å². The normalized spacial score (nSPS) is 14.2. The molecule has 1 aliphatic carbocycles. The fourth-order valence-electron chi connectivity index (χ4n) is 4.91. The molecule has 0 fully saturated rings. The van der Waals surface area contributed by atoms with Gasteiger partial charge in [-0.2, -0.15) is 0 Å². The van der Waals surface area contributed by atoms with Gasteiger partial charge in [-0.15, -0.1) is 0 Å². The molecule has 5 nitrogen and oxygen atoms in total. The van der Waals surface area contributed by atoms with Gasteiger partial charge in [0.2, 0.25) is 0 Å². The smallest absolute Gasteiger partial charge is 0.262 e. The third kappa shape index (κ3) is 5.76. The molecule has 1 unspecified atom stereocenters. The number of carbonyl (C=O) groups excluding carboxylic acids is 1. The molecule has 0 saturated carbocycles. The zero-order chi connectivity index (χ0) is 25.2. The molecule has 35 heavy (non-hydrogen) atoms. The molecule has 184 valence electrons. The zero-order valence-corrected chi connectivity index (χ0v) is 21.8. The fourth-order valence-corrected chi connectivity index (χ4v) is 6.22. The summed E-state index contributed by atoms with van der Waals surface area (Å²) in [7, 11) is -3.86. The van der Waals surface area contributed by atoms with Crippen molar-refractivity contribution in [1.82, 2.24) is 5.32 Å². The van der Waals surface area contributed by atoms with Crippen LogP contribution < -0.4 is 10.0 Å². The number of sulfonamides is 1. The Hall–Kier alpha value is -3.12. The standard InChI is InChI=1S/C29H34N2O3S/c1-5-27(24-13-12-22-8-6-7-9-23(22)17-24)30-29(32)25-11-10-21(4)28(18-25)35(33,34)31-26-15-19(2)14-20(3)16-26/h10-18,27,31H,5-9H2,1-4H3,(H,30,32). The minimum Gasteiger partial charge on any atom is -0.345 e. The van der Waals surface area contributed by atoms with Crippen LogP contribution in [-0.4, -0.2) is 14.3 Å². The van der Waals surface area contributed by atoms with Crippen molar-refractivity contribution < 1.29 is 13.2 Å². The molecule has 0 bridgehead atoms. The first kappa shape index (κ1) is 25.0. The van der Waals surface area contributed by atoms with Crippen LogP contribution in [0.25, 0.3) is 0 Å². The Bertz CT molecular complexity index is 1340. The summed E-state index contributed by atoms with van der Waals surface area (Å²) in [5.74, 6) is -0.280. The van der Waals surface area contributed by atoms with Crippen molar-refractivity contribution in [3.63, 3.8) is 0 Å². The first-order valence-electron chi connectivity index (χ1n) is 12.3. The van der Waals surface area contributed by atoms with E-state index >= 15 is 0 Å². The number of hydrogen-bond acceptors (Lipinski definition) is 3. The van der Waals surface area contributed by atoms with Crippen molar-refractivity contribution in [2.45, 2.75) is 70.7 Å². The minimum atomic E-state index is -3.86. The summed E-state index contributed by atoms with van der Waals surface area (Å²) >= 11 is 0. The Morgan fingerprint density at radius 3 is 2.26 bits per heavy atom. The van der Waals surface area contributed by atoms with Gasteiger partial charge in [-0.05, 0) is 111 Å². The molecule has 3 aromatic rings. The summed E-state index contributed by atoms with van der Waals surface area (Å²) in [6.07, 6.45) is 5.39. The summed E-state index contributed by atoms with van der Waals surface area (Å²) in [6.45, 7) is 7.63. The molecule has 0 saturated heterocycles. The van der Waals surface area contributed by atoms with Crippen molar-refractivity contribution in [2.75, 3.05) is 4.72 Å². The molecule has 1 atom stereocenters. The lowest BCUT2D eigenvalue weighted by Crippen LogP contribution is -2.28. The summed E-state index contributed by atoms with van der Waals surface area (Å²) in [6, 6.07) is 16.8. The summed E-state index contributed by atoms with van der Waals surface area (Å²) in [5, 5.41) is 3.11. The van der Waals surface area contributed by atoms with Gasteiger partial charge in [-0.25, -0.2) is 8.42 Å². The van der Waals surface area contributed by atoms with E-state index in [-0.39, 0.29) is 16.8 Å². The number of nitrogens with one attached hydrogen (secondary N) is 2. The zero-order valence-electron chi connectivity index (χ0n) is 20.9. The predicted molar refractivity (Wildman–Crippen MR) is 141 cm³/mol. The van der Waals surface area contributed by atoms with Gasteiger partial charge in [0.25, 0.3) is 15.9 Å². The van der Waals surface area contributed by atoms with Crippen LogP contribution in [-0.2, 0) is 22.9 Å². The van der Waals surface area contributed by atoms with E-state index in [4.69, 9.17) is 0 Å². The van der Waals surface area contributed by atoms with Crippen LogP contribution in [0, 0.1) is 20.8 Å². The Labute approximate surface area is 209 Å². The van der Waals surface area contributed by atoms with Crippen molar-refractivity contribution in [3.8, 4) is 0 Å². The number of hydrogen-bond donors (Lipinski definition) is 2. The van der Waals surface area contributed by atoms with E-state index in [1.807, 2.05) is 26.8 Å². The minimum absolute atomic E-state index is 0.103. The Morgan fingerprint density at radius 2 is 1.57 bits per heavy atom. The van der Waals surface area contributed by atoms with E-state index in [1.165, 1.54) is 30.0 Å². The number of carbonyl (C=O) groups is 1. The lowest BCUT2D eigenvalue weighted by Gasteiger charge is -2.22. The summed E-state index contributed by atoms with van der Waals surface area (Å²) in [4.78, 5) is 13.3. The van der Waals surface area contributed by atoms with Gasteiger partial charge in [0.1, 0.15) is 0 Å².